The Kier molecular flexibility index (Phi) is 4.77. The van der Waals surface area contributed by atoms with Gasteiger partial charge < -0.3 is 15.0 Å². The normalized spacial score (nSPS) is 11.6. The van der Waals surface area contributed by atoms with E-state index in [1.165, 1.54) is 18.7 Å². The summed E-state index contributed by atoms with van der Waals surface area (Å²) in [7, 11) is 5.33. The maximum Gasteiger partial charge on any atom is 0.332 e. The fourth-order valence-corrected chi connectivity index (χ4v) is 1.70. The van der Waals surface area contributed by atoms with Gasteiger partial charge in [0.25, 0.3) is 0 Å². The van der Waals surface area contributed by atoms with Crippen molar-refractivity contribution in [2.75, 3.05) is 31.4 Å². The van der Waals surface area contributed by atoms with Crippen LogP contribution in [0.3, 0.4) is 0 Å². The first kappa shape index (κ1) is 14.1. The number of benzene rings is 1. The summed E-state index contributed by atoms with van der Waals surface area (Å²) in [6.07, 6.45) is 1.53. The molecule has 0 aromatic heterocycles. The van der Waals surface area contributed by atoms with Crippen LogP contribution in [0.25, 0.3) is 0 Å². The van der Waals surface area contributed by atoms with Crippen molar-refractivity contribution in [1.82, 2.24) is 0 Å². The molecule has 0 bridgehead atoms. The Balaban J connectivity index is 2.94. The third kappa shape index (κ3) is 3.26. The third-order valence-electron chi connectivity index (χ3n) is 2.70. The lowest BCUT2D eigenvalue weighted by molar-refractivity contribution is -0.140. The maximum absolute atomic E-state index is 11.5. The van der Waals surface area contributed by atoms with Crippen molar-refractivity contribution >= 4 is 17.3 Å². The summed E-state index contributed by atoms with van der Waals surface area (Å²) in [6, 6.07) is 5.40. The van der Waals surface area contributed by atoms with Crippen molar-refractivity contribution in [2.45, 2.75) is 13.0 Å². The van der Waals surface area contributed by atoms with Crippen LogP contribution in [0, 0.1) is 6.92 Å². The highest BCUT2D eigenvalue weighted by Gasteiger charge is 2.15. The summed E-state index contributed by atoms with van der Waals surface area (Å²) in [4.78, 5) is 13.5. The molecule has 4 heteroatoms. The van der Waals surface area contributed by atoms with Gasteiger partial charge in [-0.3, -0.25) is 0 Å². The molecule has 1 atom stereocenters. The van der Waals surface area contributed by atoms with Crippen molar-refractivity contribution in [3.63, 3.8) is 0 Å². The van der Waals surface area contributed by atoms with E-state index in [0.717, 1.165) is 11.4 Å². The van der Waals surface area contributed by atoms with Gasteiger partial charge in [-0.25, -0.2) is 4.79 Å². The second-order valence-electron chi connectivity index (χ2n) is 4.28. The molecule has 0 fully saturated rings. The van der Waals surface area contributed by atoms with E-state index in [-0.39, 0.29) is 5.97 Å². The zero-order chi connectivity index (χ0) is 13.7. The lowest BCUT2D eigenvalue weighted by Crippen LogP contribution is -2.28. The number of ether oxygens (including phenoxy) is 1. The second kappa shape index (κ2) is 6.10. The largest absolute Gasteiger partial charge is 0.467 e. The van der Waals surface area contributed by atoms with E-state index in [9.17, 15) is 4.79 Å². The molecule has 1 unspecified atom stereocenters. The van der Waals surface area contributed by atoms with Crippen molar-refractivity contribution in [3.8, 4) is 0 Å². The van der Waals surface area contributed by atoms with Crippen molar-refractivity contribution in [3.05, 3.63) is 36.4 Å². The lowest BCUT2D eigenvalue weighted by Gasteiger charge is -2.19. The number of nitrogens with zero attached hydrogens (tertiary/aromatic N) is 1. The molecule has 1 aromatic rings. The van der Waals surface area contributed by atoms with Crippen LogP contribution in [0.1, 0.15) is 5.56 Å². The molecule has 1 aromatic carbocycles. The third-order valence-corrected chi connectivity index (χ3v) is 2.70. The van der Waals surface area contributed by atoms with Crippen LogP contribution >= 0.6 is 0 Å². The molecule has 0 spiro atoms. The highest BCUT2D eigenvalue weighted by Crippen LogP contribution is 2.23. The number of nitrogens with one attached hydrogen (secondary N) is 1. The van der Waals surface area contributed by atoms with E-state index in [0.29, 0.717) is 0 Å². The van der Waals surface area contributed by atoms with Gasteiger partial charge in [0.05, 0.1) is 7.11 Å². The van der Waals surface area contributed by atoms with Gasteiger partial charge in [-0.1, -0.05) is 12.1 Å². The van der Waals surface area contributed by atoms with Crippen molar-refractivity contribution in [1.29, 1.82) is 0 Å². The Morgan fingerprint density at radius 1 is 1.50 bits per heavy atom. The fraction of sp³-hybridized carbons (Fsp3) is 0.357. The molecule has 1 N–H and O–H groups in total. The minimum atomic E-state index is -0.535. The van der Waals surface area contributed by atoms with E-state index in [4.69, 9.17) is 4.74 Å². The smallest absolute Gasteiger partial charge is 0.332 e. The molecule has 0 saturated heterocycles. The monoisotopic (exact) mass is 248 g/mol. The minimum Gasteiger partial charge on any atom is -0.467 e. The van der Waals surface area contributed by atoms with Gasteiger partial charge in [-0.2, -0.15) is 0 Å². The van der Waals surface area contributed by atoms with Crippen LogP contribution in [0.2, 0.25) is 0 Å². The standard InChI is InChI=1S/C14H20N2O2/c1-6-12(14(17)18-5)15-11-8-7-10(2)13(9-11)16(3)4/h6-9,12,15H,1H2,2-5H3. The predicted octanol–water partition coefficient (Wildman–Crippen LogP) is 2.20. The second-order valence-corrected chi connectivity index (χ2v) is 4.28. The number of hydrogen-bond acceptors (Lipinski definition) is 4. The summed E-state index contributed by atoms with van der Waals surface area (Å²) >= 11 is 0. The molecule has 4 nitrogen and oxygen atoms in total. The molecule has 0 aliphatic heterocycles. The Hall–Kier alpha value is -1.97. The summed E-state index contributed by atoms with van der Waals surface area (Å²) in [5, 5.41) is 3.08. The molecule has 98 valence electrons. The summed E-state index contributed by atoms with van der Waals surface area (Å²) in [5.41, 5.74) is 3.14. The number of rotatable bonds is 5. The highest BCUT2D eigenvalue weighted by atomic mass is 16.5. The number of methoxy groups -OCH3 is 1. The van der Waals surface area contributed by atoms with E-state index in [2.05, 4.69) is 11.9 Å². The topological polar surface area (TPSA) is 41.6 Å². The van der Waals surface area contributed by atoms with Crippen molar-refractivity contribution < 1.29 is 9.53 Å². The molecule has 0 heterocycles. The summed E-state index contributed by atoms with van der Waals surface area (Å²) in [5.74, 6) is -0.350. The maximum atomic E-state index is 11.5. The molecule has 1 rings (SSSR count). The zero-order valence-electron chi connectivity index (χ0n) is 11.4. The van der Waals surface area contributed by atoms with Gasteiger partial charge in [-0.05, 0) is 24.6 Å². The lowest BCUT2D eigenvalue weighted by atomic mass is 10.1. The fourth-order valence-electron chi connectivity index (χ4n) is 1.70. The molecule has 18 heavy (non-hydrogen) atoms. The van der Waals surface area contributed by atoms with Crippen molar-refractivity contribution in [2.24, 2.45) is 0 Å². The Morgan fingerprint density at radius 3 is 2.67 bits per heavy atom. The molecular formula is C14H20N2O2. The average Bonchev–Trinajstić information content (AvgIpc) is 2.36. The van der Waals surface area contributed by atoms with E-state index in [1.54, 1.807) is 0 Å². The van der Waals surface area contributed by atoms with E-state index < -0.39 is 6.04 Å². The molecule has 0 aliphatic rings. The Labute approximate surface area is 108 Å². The quantitative estimate of drug-likeness (QED) is 0.640. The summed E-state index contributed by atoms with van der Waals surface area (Å²) in [6.45, 7) is 5.67. The first-order chi connectivity index (χ1) is 8.49. The van der Waals surface area contributed by atoms with E-state index >= 15 is 0 Å². The average molecular weight is 248 g/mol. The number of esters is 1. The van der Waals surface area contributed by atoms with Gasteiger partial charge in [0.1, 0.15) is 6.04 Å². The first-order valence-corrected chi connectivity index (χ1v) is 5.74. The van der Waals surface area contributed by atoms with Gasteiger partial charge in [-0.15, -0.1) is 6.58 Å². The number of anilines is 2. The van der Waals surface area contributed by atoms with Crippen LogP contribution in [0.5, 0.6) is 0 Å². The molecule has 0 radical (unpaired) electrons. The SMILES string of the molecule is C=CC(Nc1ccc(C)c(N(C)C)c1)C(=O)OC. The predicted molar refractivity (Wildman–Crippen MR) is 75.1 cm³/mol. The van der Waals surface area contributed by atoms with Gasteiger partial charge >= 0.3 is 5.97 Å². The highest BCUT2D eigenvalue weighted by molar-refractivity contribution is 5.81. The molecular weight excluding hydrogens is 228 g/mol. The Morgan fingerprint density at radius 2 is 2.17 bits per heavy atom. The van der Waals surface area contributed by atoms with Crippen LogP contribution in [0.4, 0.5) is 11.4 Å². The van der Waals surface area contributed by atoms with Gasteiger partial charge in [0.15, 0.2) is 0 Å². The van der Waals surface area contributed by atoms with Crippen LogP contribution in [0.15, 0.2) is 30.9 Å². The zero-order valence-corrected chi connectivity index (χ0v) is 11.4. The van der Waals surface area contributed by atoms with E-state index in [1.807, 2.05) is 44.1 Å². The van der Waals surface area contributed by atoms with Crippen LogP contribution in [-0.4, -0.2) is 33.2 Å². The molecule has 0 saturated carbocycles. The number of hydrogen-bond donors (Lipinski definition) is 1. The molecule has 0 aliphatic carbocycles. The number of carbonyl (C=O) groups is 1. The first-order valence-electron chi connectivity index (χ1n) is 5.74. The number of aryl methyl sites for hydroxylation is 1. The Bertz CT molecular complexity index is 441. The van der Waals surface area contributed by atoms with Gasteiger partial charge in [0.2, 0.25) is 0 Å². The molecule has 0 amide bonds. The summed E-state index contributed by atoms with van der Waals surface area (Å²) < 4.78 is 4.69. The van der Waals surface area contributed by atoms with Crippen LogP contribution < -0.4 is 10.2 Å². The number of carbonyl (C=O) groups excluding carboxylic acids is 1. The minimum absolute atomic E-state index is 0.350. The van der Waals surface area contributed by atoms with Gasteiger partial charge in [0, 0.05) is 25.5 Å². The van der Waals surface area contributed by atoms with Crippen LogP contribution in [-0.2, 0) is 9.53 Å².